The molecule has 0 radical (unpaired) electrons. The number of nitrogens with two attached hydrogens (primary N) is 2. The average Bonchev–Trinajstić information content (AvgIpc) is 2.40. The van der Waals surface area contributed by atoms with Gasteiger partial charge in [-0.05, 0) is 42.8 Å². The Kier molecular flexibility index (Phi) is 4.58. The fraction of sp³-hybridized carbons (Fsp3) is 0.200. The molecule has 0 aliphatic heterocycles. The first-order valence-electron chi connectivity index (χ1n) is 6.18. The zero-order chi connectivity index (χ0) is 13.7. The molecule has 0 bridgehead atoms. The van der Waals surface area contributed by atoms with Crippen LogP contribution in [0, 0.1) is 0 Å². The number of anilines is 2. The Balaban J connectivity index is 2.08. The molecule has 4 heteroatoms. The van der Waals surface area contributed by atoms with E-state index in [0.717, 1.165) is 27.8 Å². The second-order valence-electron chi connectivity index (χ2n) is 4.17. The summed E-state index contributed by atoms with van der Waals surface area (Å²) in [5, 5.41) is 0. The van der Waals surface area contributed by atoms with E-state index < -0.39 is 0 Å². The van der Waals surface area contributed by atoms with Crippen LogP contribution >= 0.6 is 11.8 Å². The van der Waals surface area contributed by atoms with Crippen molar-refractivity contribution < 1.29 is 4.74 Å². The topological polar surface area (TPSA) is 61.3 Å². The van der Waals surface area contributed by atoms with Gasteiger partial charge >= 0.3 is 0 Å². The molecule has 0 fully saturated rings. The van der Waals surface area contributed by atoms with Gasteiger partial charge in [0.2, 0.25) is 0 Å². The van der Waals surface area contributed by atoms with Crippen molar-refractivity contribution in [3.63, 3.8) is 0 Å². The van der Waals surface area contributed by atoms with Gasteiger partial charge in [-0.3, -0.25) is 0 Å². The molecule has 3 nitrogen and oxygen atoms in total. The van der Waals surface area contributed by atoms with E-state index in [-0.39, 0.29) is 0 Å². The van der Waals surface area contributed by atoms with Crippen LogP contribution in [0.5, 0.6) is 5.75 Å². The largest absolute Gasteiger partial charge is 0.494 e. The van der Waals surface area contributed by atoms with Gasteiger partial charge in [0, 0.05) is 22.0 Å². The molecule has 0 unspecified atom stereocenters. The molecule has 0 heterocycles. The summed E-state index contributed by atoms with van der Waals surface area (Å²) in [4.78, 5) is 1.04. The van der Waals surface area contributed by atoms with Crippen molar-refractivity contribution in [1.82, 2.24) is 0 Å². The molecule has 2 aromatic carbocycles. The molecule has 2 rings (SSSR count). The summed E-state index contributed by atoms with van der Waals surface area (Å²) in [5.41, 5.74) is 14.5. The minimum Gasteiger partial charge on any atom is -0.494 e. The van der Waals surface area contributed by atoms with Crippen molar-refractivity contribution in [3.8, 4) is 5.75 Å². The lowest BCUT2D eigenvalue weighted by Gasteiger charge is -2.09. The molecule has 4 N–H and O–H groups in total. The highest BCUT2D eigenvalue weighted by atomic mass is 32.2. The lowest BCUT2D eigenvalue weighted by molar-refractivity contribution is 0.339. The molecule has 19 heavy (non-hydrogen) atoms. The maximum absolute atomic E-state index is 5.98. The van der Waals surface area contributed by atoms with Crippen molar-refractivity contribution >= 4 is 23.1 Å². The first-order chi connectivity index (χ1) is 9.19. The third-order valence-corrected chi connectivity index (χ3v) is 3.78. The fourth-order valence-corrected chi connectivity index (χ4v) is 2.68. The molecular formula is C15H18N2OS. The second kappa shape index (κ2) is 6.38. The number of rotatable bonds is 5. The third kappa shape index (κ3) is 3.83. The Labute approximate surface area is 117 Å². The zero-order valence-electron chi connectivity index (χ0n) is 10.9. The average molecular weight is 274 g/mol. The highest BCUT2D eigenvalue weighted by Crippen LogP contribution is 2.31. The molecule has 0 spiro atoms. The van der Waals surface area contributed by atoms with E-state index in [4.69, 9.17) is 16.2 Å². The summed E-state index contributed by atoms with van der Waals surface area (Å²) < 4.78 is 5.48. The van der Waals surface area contributed by atoms with Gasteiger partial charge in [0.05, 0.1) is 6.61 Å². The summed E-state index contributed by atoms with van der Waals surface area (Å²) in [5.74, 6) is 1.69. The van der Waals surface area contributed by atoms with Crippen molar-refractivity contribution in [2.24, 2.45) is 0 Å². The molecule has 0 saturated carbocycles. The SMILES string of the molecule is CCOc1ccc(N)c(SCc2cccc(N)c2)c1. The van der Waals surface area contributed by atoms with Gasteiger partial charge in [-0.1, -0.05) is 12.1 Å². The van der Waals surface area contributed by atoms with Gasteiger partial charge in [-0.2, -0.15) is 0 Å². The van der Waals surface area contributed by atoms with Gasteiger partial charge < -0.3 is 16.2 Å². The molecule has 0 amide bonds. The Morgan fingerprint density at radius 2 is 1.95 bits per heavy atom. The van der Waals surface area contributed by atoms with Gasteiger partial charge in [0.25, 0.3) is 0 Å². The van der Waals surface area contributed by atoms with E-state index in [2.05, 4.69) is 6.07 Å². The molecule has 0 saturated heterocycles. The van der Waals surface area contributed by atoms with E-state index in [0.29, 0.717) is 6.61 Å². The van der Waals surface area contributed by atoms with Crippen LogP contribution in [0.3, 0.4) is 0 Å². The molecule has 100 valence electrons. The molecule has 0 aliphatic carbocycles. The van der Waals surface area contributed by atoms with Gasteiger partial charge in [-0.15, -0.1) is 11.8 Å². The quantitative estimate of drug-likeness (QED) is 0.646. The first-order valence-corrected chi connectivity index (χ1v) is 7.17. The Morgan fingerprint density at radius 3 is 2.68 bits per heavy atom. The highest BCUT2D eigenvalue weighted by Gasteiger charge is 2.04. The monoisotopic (exact) mass is 274 g/mol. The number of ether oxygens (including phenoxy) is 1. The smallest absolute Gasteiger partial charge is 0.120 e. The minimum atomic E-state index is 0.656. The van der Waals surface area contributed by atoms with Crippen LogP contribution in [0.1, 0.15) is 12.5 Å². The predicted molar refractivity (Wildman–Crippen MR) is 82.4 cm³/mol. The molecule has 0 atom stereocenters. The summed E-state index contributed by atoms with van der Waals surface area (Å²) >= 11 is 1.69. The van der Waals surface area contributed by atoms with Crippen LogP contribution in [0.15, 0.2) is 47.4 Å². The van der Waals surface area contributed by atoms with Crippen LogP contribution in [-0.2, 0) is 5.75 Å². The number of benzene rings is 2. The summed E-state index contributed by atoms with van der Waals surface area (Å²) in [6, 6.07) is 13.6. The normalized spacial score (nSPS) is 10.4. The summed E-state index contributed by atoms with van der Waals surface area (Å²) in [6.45, 7) is 2.62. The van der Waals surface area contributed by atoms with E-state index in [1.54, 1.807) is 11.8 Å². The Bertz CT molecular complexity index is 558. The van der Waals surface area contributed by atoms with E-state index >= 15 is 0 Å². The first kappa shape index (κ1) is 13.6. The third-order valence-electron chi connectivity index (χ3n) is 2.64. The minimum absolute atomic E-state index is 0.656. The maximum atomic E-state index is 5.98. The summed E-state index contributed by atoms with van der Waals surface area (Å²) in [6.07, 6.45) is 0. The van der Waals surface area contributed by atoms with Gasteiger partial charge in [0.15, 0.2) is 0 Å². The maximum Gasteiger partial charge on any atom is 0.120 e. The van der Waals surface area contributed by atoms with Crippen LogP contribution in [0.4, 0.5) is 11.4 Å². The fourth-order valence-electron chi connectivity index (χ4n) is 1.74. The Hall–Kier alpha value is -1.81. The lowest BCUT2D eigenvalue weighted by Crippen LogP contribution is -1.94. The number of thioether (sulfide) groups is 1. The van der Waals surface area contributed by atoms with Crippen LogP contribution in [-0.4, -0.2) is 6.61 Å². The lowest BCUT2D eigenvalue weighted by atomic mass is 10.2. The molecule has 0 aromatic heterocycles. The summed E-state index contributed by atoms with van der Waals surface area (Å²) in [7, 11) is 0. The van der Waals surface area contributed by atoms with Crippen LogP contribution < -0.4 is 16.2 Å². The van der Waals surface area contributed by atoms with Crippen molar-refractivity contribution in [2.75, 3.05) is 18.1 Å². The van der Waals surface area contributed by atoms with Crippen molar-refractivity contribution in [1.29, 1.82) is 0 Å². The Morgan fingerprint density at radius 1 is 1.11 bits per heavy atom. The van der Waals surface area contributed by atoms with Crippen molar-refractivity contribution in [3.05, 3.63) is 48.0 Å². The molecule has 2 aromatic rings. The second-order valence-corrected chi connectivity index (χ2v) is 5.18. The van der Waals surface area contributed by atoms with Crippen LogP contribution in [0.25, 0.3) is 0 Å². The number of nitrogen functional groups attached to an aromatic ring is 2. The van der Waals surface area contributed by atoms with Gasteiger partial charge in [-0.25, -0.2) is 0 Å². The van der Waals surface area contributed by atoms with Gasteiger partial charge in [0.1, 0.15) is 5.75 Å². The van der Waals surface area contributed by atoms with Crippen LogP contribution in [0.2, 0.25) is 0 Å². The van der Waals surface area contributed by atoms with E-state index in [1.807, 2.05) is 43.3 Å². The zero-order valence-corrected chi connectivity index (χ0v) is 11.7. The van der Waals surface area contributed by atoms with Crippen molar-refractivity contribution in [2.45, 2.75) is 17.6 Å². The van der Waals surface area contributed by atoms with E-state index in [9.17, 15) is 0 Å². The van der Waals surface area contributed by atoms with E-state index in [1.165, 1.54) is 5.56 Å². The number of hydrogen-bond acceptors (Lipinski definition) is 4. The number of hydrogen-bond donors (Lipinski definition) is 2. The molecular weight excluding hydrogens is 256 g/mol. The highest BCUT2D eigenvalue weighted by molar-refractivity contribution is 7.98. The standard InChI is InChI=1S/C15H18N2OS/c1-2-18-13-6-7-14(17)15(9-13)19-10-11-4-3-5-12(16)8-11/h3-9H,2,10,16-17H2,1H3. The molecule has 0 aliphatic rings. The predicted octanol–water partition coefficient (Wildman–Crippen LogP) is 3.54.